The molecule has 0 aromatic rings. The Morgan fingerprint density at radius 3 is 1.50 bits per heavy atom. The second-order valence-corrected chi connectivity index (χ2v) is 5.54. The highest BCUT2D eigenvalue weighted by Crippen LogP contribution is 2.39. The van der Waals surface area contributed by atoms with E-state index >= 15 is 0 Å². The van der Waals surface area contributed by atoms with Crippen LogP contribution in [0.2, 0.25) is 0 Å². The molecule has 0 bridgehead atoms. The maximum Gasteiger partial charge on any atom is 0.303 e. The fraction of sp³-hybridized carbons (Fsp3) is 0.733. The van der Waals surface area contributed by atoms with Crippen LogP contribution < -0.4 is 0 Å². The van der Waals surface area contributed by atoms with Crippen molar-refractivity contribution in [3.63, 3.8) is 0 Å². The zero-order valence-corrected chi connectivity index (χ0v) is 14.0. The third-order valence-corrected chi connectivity index (χ3v) is 3.61. The maximum atomic E-state index is 11.4. The zero-order chi connectivity index (χ0) is 18.4. The summed E-state index contributed by atoms with van der Waals surface area (Å²) in [6.45, 7) is 4.01. The van der Waals surface area contributed by atoms with E-state index in [0.717, 1.165) is 0 Å². The Morgan fingerprint density at radius 2 is 1.12 bits per heavy atom. The molecule has 0 amide bonds. The van der Waals surface area contributed by atoms with Crippen molar-refractivity contribution in [2.45, 2.75) is 46.0 Å². The number of hydrogen-bond donors (Lipinski definition) is 1. The van der Waals surface area contributed by atoms with Gasteiger partial charge in [0.25, 0.3) is 0 Å². The molecule has 9 heteroatoms. The van der Waals surface area contributed by atoms with Crippen LogP contribution in [-0.2, 0) is 38.1 Å². The van der Waals surface area contributed by atoms with E-state index in [1.807, 2.05) is 0 Å². The van der Waals surface area contributed by atoms with Crippen molar-refractivity contribution in [2.24, 2.45) is 11.8 Å². The lowest BCUT2D eigenvalue weighted by Gasteiger charge is -2.25. The first kappa shape index (κ1) is 19.9. The Labute approximate surface area is 139 Å². The van der Waals surface area contributed by atoms with Crippen molar-refractivity contribution in [3.05, 3.63) is 0 Å². The van der Waals surface area contributed by atoms with Crippen molar-refractivity contribution in [2.75, 3.05) is 13.2 Å². The summed E-state index contributed by atoms with van der Waals surface area (Å²) in [6.07, 6.45) is -2.99. The van der Waals surface area contributed by atoms with E-state index in [1.54, 1.807) is 0 Å². The topological polar surface area (TPSA) is 125 Å². The van der Waals surface area contributed by atoms with Gasteiger partial charge in [0.1, 0.15) is 24.9 Å². The van der Waals surface area contributed by atoms with Crippen LogP contribution in [0.15, 0.2) is 0 Å². The van der Waals surface area contributed by atoms with Crippen LogP contribution in [0, 0.1) is 11.8 Å². The number of aliphatic hydroxyl groups excluding tert-OH is 1. The average Bonchev–Trinajstić information content (AvgIpc) is 2.67. The smallest absolute Gasteiger partial charge is 0.303 e. The molecule has 1 fully saturated rings. The highest BCUT2D eigenvalue weighted by atomic mass is 16.6. The lowest BCUT2D eigenvalue weighted by Crippen LogP contribution is -2.38. The maximum absolute atomic E-state index is 11.4. The summed E-state index contributed by atoms with van der Waals surface area (Å²) in [5, 5.41) is 9.65. The molecule has 24 heavy (non-hydrogen) atoms. The predicted molar refractivity (Wildman–Crippen MR) is 77.4 cm³/mol. The van der Waals surface area contributed by atoms with Crippen molar-refractivity contribution in [3.8, 4) is 0 Å². The Bertz CT molecular complexity index is 501. The number of rotatable bonds is 6. The largest absolute Gasteiger partial charge is 0.465 e. The first-order valence-corrected chi connectivity index (χ1v) is 7.43. The van der Waals surface area contributed by atoms with Crippen LogP contribution in [0.1, 0.15) is 27.7 Å². The van der Waals surface area contributed by atoms with Crippen molar-refractivity contribution < 1.29 is 43.2 Å². The molecule has 0 spiro atoms. The van der Waals surface area contributed by atoms with Gasteiger partial charge in [-0.1, -0.05) is 0 Å². The van der Waals surface area contributed by atoms with Crippen LogP contribution >= 0.6 is 0 Å². The summed E-state index contributed by atoms with van der Waals surface area (Å²) in [7, 11) is 0. The molecule has 1 N–H and O–H groups in total. The van der Waals surface area contributed by atoms with Crippen molar-refractivity contribution in [1.82, 2.24) is 0 Å². The molecule has 0 aromatic carbocycles. The number of aliphatic hydroxyl groups is 1. The first-order chi connectivity index (χ1) is 11.2. The van der Waals surface area contributed by atoms with E-state index < -0.39 is 60.6 Å². The van der Waals surface area contributed by atoms with Gasteiger partial charge in [0.15, 0.2) is 0 Å². The van der Waals surface area contributed by atoms with Gasteiger partial charge in [-0.2, -0.15) is 0 Å². The molecule has 136 valence electrons. The third kappa shape index (κ3) is 5.19. The number of carbonyl (C=O) groups excluding carboxylic acids is 4. The number of esters is 4. The van der Waals surface area contributed by atoms with Gasteiger partial charge >= 0.3 is 23.9 Å². The Balaban J connectivity index is 3.19. The van der Waals surface area contributed by atoms with Crippen molar-refractivity contribution >= 4 is 23.9 Å². The van der Waals surface area contributed by atoms with E-state index in [-0.39, 0.29) is 6.61 Å². The number of hydrogen-bond acceptors (Lipinski definition) is 9. The Morgan fingerprint density at radius 1 is 0.708 bits per heavy atom. The van der Waals surface area contributed by atoms with Gasteiger partial charge in [-0.25, -0.2) is 0 Å². The molecular formula is C15H22O9. The fourth-order valence-electron chi connectivity index (χ4n) is 2.85. The van der Waals surface area contributed by atoms with Crippen LogP contribution in [-0.4, -0.2) is 60.5 Å². The van der Waals surface area contributed by atoms with Gasteiger partial charge in [0.05, 0.1) is 18.4 Å². The summed E-state index contributed by atoms with van der Waals surface area (Å²) < 4.78 is 20.5. The van der Waals surface area contributed by atoms with E-state index in [4.69, 9.17) is 18.9 Å². The second kappa shape index (κ2) is 8.62. The molecule has 9 nitrogen and oxygen atoms in total. The van der Waals surface area contributed by atoms with Gasteiger partial charge in [0.2, 0.25) is 0 Å². The standard InChI is InChI=1S/C15H22O9/c1-7(17)21-6-12-13(22-8(2)18)11(5-16)14(23-9(3)19)15(12)24-10(4)20/h11-16H,5-6H2,1-4H3/t11-,12?,13?,14?,15-/m1/s1. The van der Waals surface area contributed by atoms with Gasteiger partial charge in [-0.05, 0) is 0 Å². The van der Waals surface area contributed by atoms with Crippen LogP contribution in [0.4, 0.5) is 0 Å². The first-order valence-electron chi connectivity index (χ1n) is 7.43. The monoisotopic (exact) mass is 346 g/mol. The highest BCUT2D eigenvalue weighted by Gasteiger charge is 2.56. The number of carbonyl (C=O) groups is 4. The molecule has 1 rings (SSSR count). The Hall–Kier alpha value is -2.16. The molecule has 3 unspecified atom stereocenters. The molecule has 0 aliphatic heterocycles. The lowest BCUT2D eigenvalue weighted by atomic mass is 10.0. The molecule has 1 saturated carbocycles. The quantitative estimate of drug-likeness (QED) is 0.504. The lowest BCUT2D eigenvalue weighted by molar-refractivity contribution is -0.169. The second-order valence-electron chi connectivity index (χ2n) is 5.54. The average molecular weight is 346 g/mol. The van der Waals surface area contributed by atoms with Crippen LogP contribution in [0.5, 0.6) is 0 Å². The molecular weight excluding hydrogens is 324 g/mol. The van der Waals surface area contributed by atoms with E-state index in [9.17, 15) is 24.3 Å². The molecule has 0 saturated heterocycles. The molecule has 0 heterocycles. The summed E-state index contributed by atoms with van der Waals surface area (Å²) in [4.78, 5) is 45.2. The van der Waals surface area contributed by atoms with Gasteiger partial charge < -0.3 is 24.1 Å². The SMILES string of the molecule is CC(=O)OCC1C(OC(C)=O)[C@@H](CO)C(OC(C)=O)[C@@H]1OC(C)=O. The van der Waals surface area contributed by atoms with Gasteiger partial charge in [-0.15, -0.1) is 0 Å². The minimum atomic E-state index is -1.03. The number of ether oxygens (including phenoxy) is 4. The van der Waals surface area contributed by atoms with Crippen LogP contribution in [0.25, 0.3) is 0 Å². The molecule has 1 aliphatic carbocycles. The summed E-state index contributed by atoms with van der Waals surface area (Å²) in [5.41, 5.74) is 0. The normalized spacial score (nSPS) is 28.8. The Kier molecular flexibility index (Phi) is 7.15. The minimum Gasteiger partial charge on any atom is -0.465 e. The molecule has 5 atom stereocenters. The van der Waals surface area contributed by atoms with E-state index in [2.05, 4.69) is 0 Å². The summed E-state index contributed by atoms with van der Waals surface area (Å²) >= 11 is 0. The molecule has 1 aliphatic rings. The fourth-order valence-corrected chi connectivity index (χ4v) is 2.85. The zero-order valence-electron chi connectivity index (χ0n) is 14.0. The van der Waals surface area contributed by atoms with Gasteiger partial charge in [0, 0.05) is 27.7 Å². The van der Waals surface area contributed by atoms with E-state index in [1.165, 1.54) is 27.7 Å². The summed E-state index contributed by atoms with van der Waals surface area (Å²) in [5.74, 6) is -4.09. The molecule has 0 radical (unpaired) electrons. The van der Waals surface area contributed by atoms with E-state index in [0.29, 0.717) is 0 Å². The predicted octanol–water partition coefficient (Wildman–Crippen LogP) is -0.417. The van der Waals surface area contributed by atoms with Gasteiger partial charge in [-0.3, -0.25) is 19.2 Å². The van der Waals surface area contributed by atoms with Crippen LogP contribution in [0.3, 0.4) is 0 Å². The molecule has 0 aromatic heterocycles. The highest BCUT2D eigenvalue weighted by molar-refractivity contribution is 5.68. The third-order valence-electron chi connectivity index (χ3n) is 3.61. The minimum absolute atomic E-state index is 0.223. The summed E-state index contributed by atoms with van der Waals surface area (Å²) in [6, 6.07) is 0. The van der Waals surface area contributed by atoms with Crippen molar-refractivity contribution in [1.29, 1.82) is 0 Å².